The first kappa shape index (κ1) is 12.3. The first-order valence-electron chi connectivity index (χ1n) is 5.92. The van der Waals surface area contributed by atoms with Crippen LogP contribution in [0.25, 0.3) is 11.0 Å². The molecule has 0 fully saturated rings. The number of benzene rings is 1. The molecule has 0 aliphatic rings. The molecule has 90 valence electrons. The van der Waals surface area contributed by atoms with E-state index < -0.39 is 0 Å². The quantitative estimate of drug-likeness (QED) is 0.783. The van der Waals surface area contributed by atoms with Gasteiger partial charge in [-0.1, -0.05) is 26.0 Å². The minimum Gasteiger partial charge on any atom is -0.274 e. The summed E-state index contributed by atoms with van der Waals surface area (Å²) in [5, 5.41) is 0. The fourth-order valence-corrected chi connectivity index (χ4v) is 3.84. The van der Waals surface area contributed by atoms with Gasteiger partial charge in [-0.2, -0.15) is 0 Å². The van der Waals surface area contributed by atoms with E-state index in [9.17, 15) is 4.79 Å². The molecule has 4 heteroatoms. The standard InChI is InChI=1S/C13H17N2OP/c1-4-17(5-2)13-14-11-8-6-7-9-12(11)15(13)10(3)16/h6-9H,4-5H2,1-3H3. The lowest BCUT2D eigenvalue weighted by molar-refractivity contribution is 0.0944. The molecule has 1 heterocycles. The molecule has 0 saturated carbocycles. The fraction of sp³-hybridized carbons (Fsp3) is 0.385. The third-order valence-electron chi connectivity index (χ3n) is 2.90. The number of carbonyl (C=O) groups excluding carboxylic acids is 1. The predicted molar refractivity (Wildman–Crippen MR) is 73.7 cm³/mol. The third kappa shape index (κ3) is 2.12. The molecule has 0 saturated heterocycles. The molecule has 0 N–H and O–H groups in total. The second-order valence-corrected chi connectivity index (χ2v) is 6.67. The molecular formula is C13H17N2OP. The van der Waals surface area contributed by atoms with Crippen molar-refractivity contribution in [3.8, 4) is 0 Å². The Morgan fingerprint density at radius 3 is 2.53 bits per heavy atom. The second-order valence-electron chi connectivity index (χ2n) is 3.93. The lowest BCUT2D eigenvalue weighted by Crippen LogP contribution is -2.23. The molecular weight excluding hydrogens is 231 g/mol. The van der Waals surface area contributed by atoms with Crippen molar-refractivity contribution in [3.05, 3.63) is 24.3 Å². The monoisotopic (exact) mass is 248 g/mol. The van der Waals surface area contributed by atoms with Crippen molar-refractivity contribution in [1.29, 1.82) is 0 Å². The van der Waals surface area contributed by atoms with Gasteiger partial charge in [-0.05, 0) is 32.4 Å². The number of hydrogen-bond acceptors (Lipinski definition) is 2. The van der Waals surface area contributed by atoms with Crippen LogP contribution < -0.4 is 5.57 Å². The largest absolute Gasteiger partial charge is 0.274 e. The highest BCUT2D eigenvalue weighted by Crippen LogP contribution is 2.33. The normalized spacial score (nSPS) is 11.3. The molecule has 2 aromatic rings. The number of imidazole rings is 1. The highest BCUT2D eigenvalue weighted by atomic mass is 31.1. The average molecular weight is 248 g/mol. The van der Waals surface area contributed by atoms with E-state index in [1.165, 1.54) is 0 Å². The van der Waals surface area contributed by atoms with Crippen molar-refractivity contribution in [2.45, 2.75) is 20.8 Å². The molecule has 0 bridgehead atoms. The summed E-state index contributed by atoms with van der Waals surface area (Å²) in [6.45, 7) is 5.94. The molecule has 2 rings (SSSR count). The van der Waals surface area contributed by atoms with Gasteiger partial charge in [-0.25, -0.2) is 4.98 Å². The molecule has 17 heavy (non-hydrogen) atoms. The van der Waals surface area contributed by atoms with E-state index in [0.717, 1.165) is 28.9 Å². The molecule has 0 radical (unpaired) electrons. The topological polar surface area (TPSA) is 34.9 Å². The van der Waals surface area contributed by atoms with E-state index in [0.29, 0.717) is 0 Å². The van der Waals surface area contributed by atoms with Crippen molar-refractivity contribution in [1.82, 2.24) is 9.55 Å². The smallest absolute Gasteiger partial charge is 0.229 e. The summed E-state index contributed by atoms with van der Waals surface area (Å²) in [6.07, 6.45) is 2.14. The lowest BCUT2D eigenvalue weighted by Gasteiger charge is -2.13. The number of carbonyl (C=O) groups is 1. The highest BCUT2D eigenvalue weighted by molar-refractivity contribution is 7.65. The highest BCUT2D eigenvalue weighted by Gasteiger charge is 2.19. The minimum absolute atomic E-state index is 0.0584. The summed E-state index contributed by atoms with van der Waals surface area (Å²) in [4.78, 5) is 16.5. The molecule has 1 aromatic carbocycles. The number of aromatic nitrogens is 2. The van der Waals surface area contributed by atoms with Crippen LogP contribution in [0.3, 0.4) is 0 Å². The number of para-hydroxylation sites is 2. The van der Waals surface area contributed by atoms with Gasteiger partial charge in [-0.15, -0.1) is 0 Å². The van der Waals surface area contributed by atoms with Crippen molar-refractivity contribution < 1.29 is 4.79 Å². The van der Waals surface area contributed by atoms with Crippen LogP contribution in [0.15, 0.2) is 24.3 Å². The Kier molecular flexibility index (Phi) is 3.58. The lowest BCUT2D eigenvalue weighted by atomic mass is 10.3. The number of rotatable bonds is 3. The summed E-state index contributed by atoms with van der Waals surface area (Å²) in [5.74, 6) is 0.0584. The fourth-order valence-electron chi connectivity index (χ4n) is 2.04. The van der Waals surface area contributed by atoms with Gasteiger partial charge in [0.15, 0.2) is 0 Å². The Morgan fingerprint density at radius 2 is 1.94 bits per heavy atom. The average Bonchev–Trinajstić information content (AvgIpc) is 2.69. The maximum atomic E-state index is 11.8. The Hall–Kier alpha value is -1.21. The molecule has 0 spiro atoms. The van der Waals surface area contributed by atoms with E-state index in [-0.39, 0.29) is 13.8 Å². The van der Waals surface area contributed by atoms with E-state index in [1.54, 1.807) is 11.5 Å². The molecule has 0 atom stereocenters. The van der Waals surface area contributed by atoms with Gasteiger partial charge >= 0.3 is 0 Å². The maximum absolute atomic E-state index is 11.8. The van der Waals surface area contributed by atoms with Gasteiger partial charge in [0.1, 0.15) is 5.57 Å². The Bertz CT molecular complexity index is 543. The van der Waals surface area contributed by atoms with Gasteiger partial charge in [0.05, 0.1) is 11.0 Å². The maximum Gasteiger partial charge on any atom is 0.229 e. The zero-order valence-corrected chi connectivity index (χ0v) is 11.4. The predicted octanol–water partition coefficient (Wildman–Crippen LogP) is 2.84. The Morgan fingerprint density at radius 1 is 1.29 bits per heavy atom. The molecule has 1 aromatic heterocycles. The van der Waals surface area contributed by atoms with Crippen molar-refractivity contribution >= 4 is 30.4 Å². The second kappa shape index (κ2) is 4.97. The van der Waals surface area contributed by atoms with Crippen LogP contribution >= 0.6 is 7.92 Å². The zero-order valence-electron chi connectivity index (χ0n) is 10.5. The van der Waals surface area contributed by atoms with Gasteiger partial charge in [-0.3, -0.25) is 9.36 Å². The van der Waals surface area contributed by atoms with Gasteiger partial charge < -0.3 is 0 Å². The molecule has 3 nitrogen and oxygen atoms in total. The van der Waals surface area contributed by atoms with Crippen LogP contribution in [0.5, 0.6) is 0 Å². The third-order valence-corrected chi connectivity index (χ3v) is 5.30. The van der Waals surface area contributed by atoms with Gasteiger partial charge in [0.25, 0.3) is 0 Å². The van der Waals surface area contributed by atoms with Gasteiger partial charge in [0, 0.05) is 6.92 Å². The van der Waals surface area contributed by atoms with Crippen molar-refractivity contribution in [2.24, 2.45) is 0 Å². The van der Waals surface area contributed by atoms with Gasteiger partial charge in [0.2, 0.25) is 5.91 Å². The minimum atomic E-state index is -0.320. The summed E-state index contributed by atoms with van der Waals surface area (Å²) in [6, 6.07) is 7.85. The van der Waals surface area contributed by atoms with E-state index in [4.69, 9.17) is 0 Å². The summed E-state index contributed by atoms with van der Waals surface area (Å²) < 4.78 is 1.79. The summed E-state index contributed by atoms with van der Waals surface area (Å²) in [7, 11) is -0.320. The van der Waals surface area contributed by atoms with Crippen LogP contribution in [0.2, 0.25) is 0 Å². The summed E-state index contributed by atoms with van der Waals surface area (Å²) >= 11 is 0. The number of fused-ring (bicyclic) bond motifs is 1. The van der Waals surface area contributed by atoms with Crippen molar-refractivity contribution in [3.63, 3.8) is 0 Å². The van der Waals surface area contributed by atoms with Crippen LogP contribution in [0, 0.1) is 0 Å². The zero-order chi connectivity index (χ0) is 12.4. The van der Waals surface area contributed by atoms with Crippen LogP contribution in [-0.4, -0.2) is 27.8 Å². The Labute approximate surface area is 103 Å². The van der Waals surface area contributed by atoms with E-state index in [2.05, 4.69) is 18.8 Å². The molecule has 0 aliphatic heterocycles. The molecule has 0 unspecified atom stereocenters. The van der Waals surface area contributed by atoms with Crippen LogP contribution in [0.4, 0.5) is 0 Å². The number of nitrogens with zero attached hydrogens (tertiary/aromatic N) is 2. The van der Waals surface area contributed by atoms with E-state index in [1.807, 2.05) is 24.3 Å². The van der Waals surface area contributed by atoms with Crippen molar-refractivity contribution in [2.75, 3.05) is 12.3 Å². The first-order valence-corrected chi connectivity index (χ1v) is 7.63. The number of hydrogen-bond donors (Lipinski definition) is 0. The molecule has 0 amide bonds. The first-order chi connectivity index (χ1) is 8.19. The van der Waals surface area contributed by atoms with E-state index >= 15 is 0 Å². The Balaban J connectivity index is 2.69. The van der Waals surface area contributed by atoms with Crippen LogP contribution in [0.1, 0.15) is 25.6 Å². The summed E-state index contributed by atoms with van der Waals surface area (Å²) in [5.41, 5.74) is 2.83. The SMILES string of the molecule is CCP(CC)c1nc2ccccc2n1C(C)=O. The molecule has 0 aliphatic carbocycles. The van der Waals surface area contributed by atoms with Crippen LogP contribution in [-0.2, 0) is 0 Å².